The highest BCUT2D eigenvalue weighted by Gasteiger charge is 2.25. The van der Waals surface area contributed by atoms with Crippen molar-refractivity contribution < 1.29 is 17.9 Å². The van der Waals surface area contributed by atoms with E-state index in [2.05, 4.69) is 4.40 Å². The van der Waals surface area contributed by atoms with Crippen LogP contribution in [0.4, 0.5) is 0 Å². The van der Waals surface area contributed by atoms with E-state index in [0.717, 1.165) is 11.3 Å². The van der Waals surface area contributed by atoms with Crippen LogP contribution in [-0.2, 0) is 21.4 Å². The van der Waals surface area contributed by atoms with Gasteiger partial charge in [-0.05, 0) is 36.8 Å². The maximum atomic E-state index is 12.7. The average Bonchev–Trinajstić information content (AvgIpc) is 2.62. The average molecular weight is 375 g/mol. The van der Waals surface area contributed by atoms with Crippen LogP contribution in [0.1, 0.15) is 12.5 Å². The molecule has 7 nitrogen and oxygen atoms in total. The first-order valence-electron chi connectivity index (χ1n) is 8.34. The number of carbonyl (C=O) groups is 1. The molecular weight excluding hydrogens is 354 g/mol. The first-order chi connectivity index (χ1) is 12.4. The molecule has 2 aliphatic rings. The Hall–Kier alpha value is -2.61. The highest BCUT2D eigenvalue weighted by atomic mass is 32.2. The second kappa shape index (κ2) is 7.33. The zero-order valence-corrected chi connectivity index (χ0v) is 15.6. The van der Waals surface area contributed by atoms with Crippen molar-refractivity contribution in [2.75, 3.05) is 26.0 Å². The van der Waals surface area contributed by atoms with Crippen molar-refractivity contribution in [2.24, 2.45) is 4.40 Å². The van der Waals surface area contributed by atoms with E-state index in [1.54, 1.807) is 35.2 Å². The molecule has 0 spiro atoms. The molecule has 0 unspecified atom stereocenters. The minimum absolute atomic E-state index is 0.0513. The highest BCUT2D eigenvalue weighted by Crippen LogP contribution is 2.18. The SMILES string of the molecule is CCOc1ccc(CN(C)C(=O)C2=CN3CCS(=O)(=O)N=C3C=C2)cc1. The summed E-state index contributed by atoms with van der Waals surface area (Å²) in [6, 6.07) is 7.63. The number of amidine groups is 1. The fourth-order valence-corrected chi connectivity index (χ4v) is 3.72. The van der Waals surface area contributed by atoms with E-state index in [-0.39, 0.29) is 11.7 Å². The van der Waals surface area contributed by atoms with Gasteiger partial charge in [-0.3, -0.25) is 4.79 Å². The number of hydrogen-bond acceptors (Lipinski definition) is 5. The maximum absolute atomic E-state index is 12.7. The summed E-state index contributed by atoms with van der Waals surface area (Å²) in [5.74, 6) is 0.962. The fraction of sp³-hybridized carbons (Fsp3) is 0.333. The fourth-order valence-electron chi connectivity index (χ4n) is 2.75. The van der Waals surface area contributed by atoms with Crippen LogP contribution in [0, 0.1) is 0 Å². The number of fused-ring (bicyclic) bond motifs is 1. The first-order valence-corrected chi connectivity index (χ1v) is 9.95. The Labute approximate surface area is 153 Å². The van der Waals surface area contributed by atoms with Gasteiger partial charge < -0.3 is 14.5 Å². The van der Waals surface area contributed by atoms with Crippen molar-refractivity contribution in [3.05, 3.63) is 53.8 Å². The van der Waals surface area contributed by atoms with E-state index in [9.17, 15) is 13.2 Å². The van der Waals surface area contributed by atoms with Gasteiger partial charge >= 0.3 is 0 Å². The number of rotatable bonds is 5. The molecule has 1 aromatic carbocycles. The monoisotopic (exact) mass is 375 g/mol. The molecule has 2 aliphatic heterocycles. The molecule has 0 fully saturated rings. The van der Waals surface area contributed by atoms with E-state index in [1.165, 1.54) is 0 Å². The second-order valence-corrected chi connectivity index (χ2v) is 7.84. The van der Waals surface area contributed by atoms with Crippen LogP contribution < -0.4 is 4.74 Å². The van der Waals surface area contributed by atoms with Gasteiger partial charge in [0.25, 0.3) is 15.9 Å². The molecule has 0 aliphatic carbocycles. The molecule has 1 amide bonds. The number of sulfonamides is 1. The topological polar surface area (TPSA) is 79.3 Å². The number of nitrogens with zero attached hydrogens (tertiary/aromatic N) is 3. The quantitative estimate of drug-likeness (QED) is 0.780. The Kier molecular flexibility index (Phi) is 5.13. The Morgan fingerprint density at radius 2 is 2.00 bits per heavy atom. The zero-order chi connectivity index (χ0) is 18.7. The molecule has 0 saturated heterocycles. The van der Waals surface area contributed by atoms with Gasteiger partial charge in [0, 0.05) is 26.3 Å². The molecule has 0 aromatic heterocycles. The number of likely N-dealkylation sites (N-methyl/N-ethyl adjacent to an activating group) is 1. The predicted molar refractivity (Wildman–Crippen MR) is 99.2 cm³/mol. The van der Waals surface area contributed by atoms with E-state index in [1.807, 2.05) is 31.2 Å². The predicted octanol–water partition coefficient (Wildman–Crippen LogP) is 1.54. The van der Waals surface area contributed by atoms with Crippen molar-refractivity contribution in [3.8, 4) is 5.75 Å². The smallest absolute Gasteiger partial charge is 0.256 e. The van der Waals surface area contributed by atoms with Crippen LogP contribution in [0.2, 0.25) is 0 Å². The lowest BCUT2D eigenvalue weighted by atomic mass is 10.1. The molecule has 0 radical (unpaired) electrons. The summed E-state index contributed by atoms with van der Waals surface area (Å²) < 4.78 is 32.2. The second-order valence-electron chi connectivity index (χ2n) is 6.08. The minimum Gasteiger partial charge on any atom is -0.494 e. The van der Waals surface area contributed by atoms with E-state index >= 15 is 0 Å². The third-order valence-corrected chi connectivity index (χ3v) is 5.24. The van der Waals surface area contributed by atoms with Crippen molar-refractivity contribution in [2.45, 2.75) is 13.5 Å². The van der Waals surface area contributed by atoms with Gasteiger partial charge in [0.15, 0.2) is 0 Å². The zero-order valence-electron chi connectivity index (χ0n) is 14.8. The summed E-state index contributed by atoms with van der Waals surface area (Å²) in [6.45, 7) is 3.30. The Morgan fingerprint density at radius 1 is 1.27 bits per heavy atom. The van der Waals surface area contributed by atoms with Crippen molar-refractivity contribution >= 4 is 21.8 Å². The van der Waals surface area contributed by atoms with Gasteiger partial charge in [-0.2, -0.15) is 0 Å². The van der Waals surface area contributed by atoms with E-state index in [0.29, 0.717) is 31.1 Å². The van der Waals surface area contributed by atoms with Crippen LogP contribution in [0.15, 0.2) is 52.6 Å². The molecule has 0 bridgehead atoms. The largest absolute Gasteiger partial charge is 0.494 e. The van der Waals surface area contributed by atoms with E-state index < -0.39 is 10.0 Å². The van der Waals surface area contributed by atoms with Crippen molar-refractivity contribution in [1.82, 2.24) is 9.80 Å². The molecule has 0 N–H and O–H groups in total. The third kappa shape index (κ3) is 4.13. The maximum Gasteiger partial charge on any atom is 0.256 e. The molecule has 1 aromatic rings. The van der Waals surface area contributed by atoms with Gasteiger partial charge in [-0.15, -0.1) is 4.40 Å². The lowest BCUT2D eigenvalue weighted by Crippen LogP contribution is -2.38. The number of carbonyl (C=O) groups excluding carboxylic acids is 1. The summed E-state index contributed by atoms with van der Waals surface area (Å²) in [6.07, 6.45) is 4.83. The molecule has 0 atom stereocenters. The van der Waals surface area contributed by atoms with Crippen molar-refractivity contribution in [1.29, 1.82) is 0 Å². The molecule has 3 rings (SSSR count). The summed E-state index contributed by atoms with van der Waals surface area (Å²) >= 11 is 0. The lowest BCUT2D eigenvalue weighted by Gasteiger charge is -2.28. The van der Waals surface area contributed by atoms with Crippen LogP contribution in [0.25, 0.3) is 0 Å². The summed E-state index contributed by atoms with van der Waals surface area (Å²) in [4.78, 5) is 16.0. The molecule has 0 saturated carbocycles. The van der Waals surface area contributed by atoms with Crippen molar-refractivity contribution in [3.63, 3.8) is 0 Å². The standard InChI is InChI=1S/C18H21N3O4S/c1-3-25-16-7-4-14(5-8-16)12-20(2)18(22)15-6-9-17-19-26(23,24)11-10-21(17)13-15/h4-9,13H,3,10-12H2,1-2H3. The van der Waals surface area contributed by atoms with E-state index in [4.69, 9.17) is 4.74 Å². The Morgan fingerprint density at radius 3 is 2.69 bits per heavy atom. The van der Waals surface area contributed by atoms with Crippen LogP contribution in [0.5, 0.6) is 5.75 Å². The lowest BCUT2D eigenvalue weighted by molar-refractivity contribution is -0.126. The number of ether oxygens (including phenoxy) is 1. The van der Waals surface area contributed by atoms with Gasteiger partial charge in [-0.25, -0.2) is 8.42 Å². The Balaban J connectivity index is 1.68. The number of amides is 1. The molecule has 2 heterocycles. The summed E-state index contributed by atoms with van der Waals surface area (Å²) in [5.41, 5.74) is 1.49. The number of benzene rings is 1. The summed E-state index contributed by atoms with van der Waals surface area (Å²) in [5, 5.41) is 0. The van der Waals surface area contributed by atoms with Crippen LogP contribution in [-0.4, -0.2) is 55.9 Å². The Bertz CT molecular complexity index is 886. The molecule has 26 heavy (non-hydrogen) atoms. The van der Waals surface area contributed by atoms with Gasteiger partial charge in [0.05, 0.1) is 17.9 Å². The highest BCUT2D eigenvalue weighted by molar-refractivity contribution is 7.90. The first kappa shape index (κ1) is 18.2. The third-order valence-electron chi connectivity index (χ3n) is 4.07. The molecule has 138 valence electrons. The van der Waals surface area contributed by atoms with Crippen LogP contribution >= 0.6 is 0 Å². The summed E-state index contributed by atoms with van der Waals surface area (Å²) in [7, 11) is -1.66. The minimum atomic E-state index is -3.40. The molecular formula is C18H21N3O4S. The normalized spacial score (nSPS) is 17.8. The molecule has 8 heteroatoms. The number of hydrogen-bond donors (Lipinski definition) is 0. The van der Waals surface area contributed by atoms with Gasteiger partial charge in [0.2, 0.25) is 0 Å². The van der Waals surface area contributed by atoms with Gasteiger partial charge in [-0.1, -0.05) is 12.1 Å². The van der Waals surface area contributed by atoms with Gasteiger partial charge in [0.1, 0.15) is 11.6 Å². The van der Waals surface area contributed by atoms with Crippen LogP contribution in [0.3, 0.4) is 0 Å².